The van der Waals surface area contributed by atoms with Crippen LogP contribution in [0.3, 0.4) is 0 Å². The molecule has 5 nitrogen and oxygen atoms in total. The van der Waals surface area contributed by atoms with Gasteiger partial charge in [-0.15, -0.1) is 0 Å². The first-order chi connectivity index (χ1) is 12.4. The van der Waals surface area contributed by atoms with E-state index in [1.807, 2.05) is 0 Å². The van der Waals surface area contributed by atoms with Gasteiger partial charge in [0.1, 0.15) is 18.1 Å². The predicted octanol–water partition coefficient (Wildman–Crippen LogP) is 3.25. The van der Waals surface area contributed by atoms with E-state index in [1.165, 1.54) is 21.9 Å². The summed E-state index contributed by atoms with van der Waals surface area (Å²) in [7, 11) is 1.55. The number of amides is 2. The fourth-order valence-corrected chi connectivity index (χ4v) is 3.01. The summed E-state index contributed by atoms with van der Waals surface area (Å²) in [6.07, 6.45) is -0.677. The number of hydrogen-bond donors (Lipinski definition) is 0. The molecule has 26 heavy (non-hydrogen) atoms. The average Bonchev–Trinajstić information content (AvgIpc) is 2.61. The maximum atomic E-state index is 13.9. The summed E-state index contributed by atoms with van der Waals surface area (Å²) in [6, 6.07) is 11.4. The number of carbonyl (C=O) groups excluding carboxylic acids is 2. The third kappa shape index (κ3) is 3.51. The second kappa shape index (κ2) is 7.33. The minimum Gasteiger partial charge on any atom is -0.479 e. The molecule has 2 aromatic rings. The van der Waals surface area contributed by atoms with E-state index in [4.69, 9.17) is 16.3 Å². The number of para-hydroxylation sites is 2. The van der Waals surface area contributed by atoms with E-state index in [1.54, 1.807) is 44.3 Å². The van der Waals surface area contributed by atoms with Gasteiger partial charge >= 0.3 is 0 Å². The minimum absolute atomic E-state index is 0.0140. The van der Waals surface area contributed by atoms with Crippen molar-refractivity contribution in [1.29, 1.82) is 0 Å². The second-order valence-electron chi connectivity index (χ2n) is 6.10. The molecule has 1 aliphatic rings. The van der Waals surface area contributed by atoms with Crippen LogP contribution < -0.4 is 9.64 Å². The molecule has 136 valence electrons. The van der Waals surface area contributed by atoms with Crippen molar-refractivity contribution in [3.05, 3.63) is 58.9 Å². The highest BCUT2D eigenvalue weighted by Gasteiger charge is 2.33. The summed E-state index contributed by atoms with van der Waals surface area (Å²) in [4.78, 5) is 27.8. The number of anilines is 1. The molecule has 1 atom stereocenters. The third-order valence-electron chi connectivity index (χ3n) is 4.25. The molecular formula is C19H18ClFN2O3. The molecule has 0 N–H and O–H groups in total. The SMILES string of the molecule is CC1Oc2ccccc2N(CC(=O)N(C)Cc2c(F)cccc2Cl)C1=O. The number of rotatable bonds is 4. The lowest BCUT2D eigenvalue weighted by Crippen LogP contribution is -2.49. The lowest BCUT2D eigenvalue weighted by atomic mass is 10.1. The van der Waals surface area contributed by atoms with Gasteiger partial charge in [0.2, 0.25) is 5.91 Å². The van der Waals surface area contributed by atoms with Crippen LogP contribution in [-0.2, 0) is 16.1 Å². The normalized spacial score (nSPS) is 16.1. The van der Waals surface area contributed by atoms with Crippen LogP contribution in [0.25, 0.3) is 0 Å². The van der Waals surface area contributed by atoms with Crippen molar-refractivity contribution in [2.24, 2.45) is 0 Å². The number of likely N-dealkylation sites (N-methyl/N-ethyl adjacent to an activating group) is 1. The highest BCUT2D eigenvalue weighted by atomic mass is 35.5. The summed E-state index contributed by atoms with van der Waals surface area (Å²) < 4.78 is 19.5. The smallest absolute Gasteiger partial charge is 0.268 e. The Morgan fingerprint density at radius 1 is 1.27 bits per heavy atom. The first-order valence-electron chi connectivity index (χ1n) is 8.12. The van der Waals surface area contributed by atoms with Gasteiger partial charge < -0.3 is 9.64 Å². The molecule has 0 fully saturated rings. The number of carbonyl (C=O) groups is 2. The molecule has 0 spiro atoms. The first kappa shape index (κ1) is 18.2. The quantitative estimate of drug-likeness (QED) is 0.823. The van der Waals surface area contributed by atoms with Crippen LogP contribution in [0.15, 0.2) is 42.5 Å². The van der Waals surface area contributed by atoms with Crippen molar-refractivity contribution >= 4 is 29.1 Å². The molecule has 0 aromatic heterocycles. The number of nitrogens with zero attached hydrogens (tertiary/aromatic N) is 2. The minimum atomic E-state index is -0.677. The molecule has 1 heterocycles. The highest BCUT2D eigenvalue weighted by molar-refractivity contribution is 6.31. The summed E-state index contributed by atoms with van der Waals surface area (Å²) in [5, 5.41) is 0.256. The maximum Gasteiger partial charge on any atom is 0.268 e. The van der Waals surface area contributed by atoms with Crippen LogP contribution in [0.4, 0.5) is 10.1 Å². The van der Waals surface area contributed by atoms with E-state index in [2.05, 4.69) is 0 Å². The van der Waals surface area contributed by atoms with Crippen molar-refractivity contribution < 1.29 is 18.7 Å². The Labute approximate surface area is 155 Å². The molecule has 0 radical (unpaired) electrons. The Morgan fingerprint density at radius 3 is 2.73 bits per heavy atom. The molecule has 3 rings (SSSR count). The first-order valence-corrected chi connectivity index (χ1v) is 8.50. The molecule has 2 amide bonds. The Balaban J connectivity index is 1.78. The van der Waals surface area contributed by atoms with E-state index in [0.717, 1.165) is 0 Å². The Bertz CT molecular complexity index is 838. The van der Waals surface area contributed by atoms with E-state index < -0.39 is 11.9 Å². The topological polar surface area (TPSA) is 49.9 Å². The lowest BCUT2D eigenvalue weighted by Gasteiger charge is -2.33. The van der Waals surface area contributed by atoms with Crippen LogP contribution in [-0.4, -0.2) is 36.4 Å². The largest absolute Gasteiger partial charge is 0.479 e. The van der Waals surface area contributed by atoms with Gasteiger partial charge in [-0.25, -0.2) is 4.39 Å². The van der Waals surface area contributed by atoms with Gasteiger partial charge in [-0.1, -0.05) is 29.8 Å². The van der Waals surface area contributed by atoms with Gasteiger partial charge in [0.25, 0.3) is 5.91 Å². The zero-order valence-electron chi connectivity index (χ0n) is 14.4. The van der Waals surface area contributed by atoms with Crippen LogP contribution in [0, 0.1) is 5.82 Å². The second-order valence-corrected chi connectivity index (χ2v) is 6.51. The molecule has 0 aliphatic carbocycles. The molecular weight excluding hydrogens is 359 g/mol. The van der Waals surface area contributed by atoms with Gasteiger partial charge in [-0.2, -0.15) is 0 Å². The van der Waals surface area contributed by atoms with Crippen LogP contribution >= 0.6 is 11.6 Å². The van der Waals surface area contributed by atoms with Crippen LogP contribution in [0.2, 0.25) is 5.02 Å². The zero-order chi connectivity index (χ0) is 18.8. The van der Waals surface area contributed by atoms with Gasteiger partial charge in [-0.05, 0) is 31.2 Å². The number of hydrogen-bond acceptors (Lipinski definition) is 3. The molecule has 2 aromatic carbocycles. The predicted molar refractivity (Wildman–Crippen MR) is 96.8 cm³/mol. The van der Waals surface area contributed by atoms with Crippen LogP contribution in [0.1, 0.15) is 12.5 Å². The van der Waals surface area contributed by atoms with Crippen molar-refractivity contribution in [1.82, 2.24) is 4.90 Å². The fourth-order valence-electron chi connectivity index (χ4n) is 2.79. The molecule has 1 unspecified atom stereocenters. The number of benzene rings is 2. The van der Waals surface area contributed by atoms with Gasteiger partial charge in [0.05, 0.1) is 5.69 Å². The molecule has 0 saturated heterocycles. The number of fused-ring (bicyclic) bond motifs is 1. The maximum absolute atomic E-state index is 13.9. The Morgan fingerprint density at radius 2 is 2.00 bits per heavy atom. The fraction of sp³-hybridized carbons (Fsp3) is 0.263. The highest BCUT2D eigenvalue weighted by Crippen LogP contribution is 2.33. The van der Waals surface area contributed by atoms with Crippen molar-refractivity contribution in [3.8, 4) is 5.75 Å². The van der Waals surface area contributed by atoms with Gasteiger partial charge in [-0.3, -0.25) is 14.5 Å². The van der Waals surface area contributed by atoms with E-state index in [0.29, 0.717) is 11.4 Å². The van der Waals surface area contributed by atoms with Crippen molar-refractivity contribution in [2.75, 3.05) is 18.5 Å². The summed E-state index contributed by atoms with van der Waals surface area (Å²) in [6.45, 7) is 1.49. The molecule has 1 aliphatic heterocycles. The lowest BCUT2D eigenvalue weighted by molar-refractivity contribution is -0.132. The summed E-state index contributed by atoms with van der Waals surface area (Å²) >= 11 is 6.02. The molecule has 0 bridgehead atoms. The van der Waals surface area contributed by atoms with Crippen molar-refractivity contribution in [3.63, 3.8) is 0 Å². The van der Waals surface area contributed by atoms with Crippen molar-refractivity contribution in [2.45, 2.75) is 19.6 Å². The average molecular weight is 377 g/mol. The molecule has 0 saturated carbocycles. The monoisotopic (exact) mass is 376 g/mol. The summed E-state index contributed by atoms with van der Waals surface area (Å²) in [5.74, 6) is -0.554. The van der Waals surface area contributed by atoms with Crippen LogP contribution in [0.5, 0.6) is 5.75 Å². The zero-order valence-corrected chi connectivity index (χ0v) is 15.2. The van der Waals surface area contributed by atoms with Gasteiger partial charge in [0.15, 0.2) is 6.10 Å². The number of ether oxygens (including phenoxy) is 1. The summed E-state index contributed by atoms with van der Waals surface area (Å²) in [5.41, 5.74) is 0.786. The third-order valence-corrected chi connectivity index (χ3v) is 4.60. The van der Waals surface area contributed by atoms with Gasteiger partial charge in [0, 0.05) is 24.2 Å². The van der Waals surface area contributed by atoms with E-state index in [-0.39, 0.29) is 35.5 Å². The Kier molecular flexibility index (Phi) is 5.13. The number of halogens is 2. The van der Waals surface area contributed by atoms with E-state index in [9.17, 15) is 14.0 Å². The standard InChI is InChI=1S/C19H18ClFN2O3/c1-12-19(25)23(16-8-3-4-9-17(16)26-12)11-18(24)22(2)10-13-14(20)6-5-7-15(13)21/h3-9,12H,10-11H2,1-2H3. The molecule has 7 heteroatoms. The Hall–Kier alpha value is -2.60. The van der Waals surface area contributed by atoms with E-state index >= 15 is 0 Å².